The molecule has 2 heterocycles. The van der Waals surface area contributed by atoms with E-state index in [9.17, 15) is 17.6 Å². The molecule has 6 nitrogen and oxygen atoms in total. The minimum atomic E-state index is -3.24. The van der Waals surface area contributed by atoms with Crippen molar-refractivity contribution in [2.24, 2.45) is 0 Å². The van der Waals surface area contributed by atoms with Crippen LogP contribution < -0.4 is 0 Å². The van der Waals surface area contributed by atoms with Crippen molar-refractivity contribution in [3.05, 3.63) is 35.3 Å². The fraction of sp³-hybridized carbons (Fsp3) is 0.471. The molecule has 3 rings (SSSR count). The van der Waals surface area contributed by atoms with Gasteiger partial charge in [0, 0.05) is 37.1 Å². The van der Waals surface area contributed by atoms with Gasteiger partial charge in [0.05, 0.1) is 6.26 Å². The van der Waals surface area contributed by atoms with E-state index in [4.69, 9.17) is 4.42 Å². The Morgan fingerprint density at radius 1 is 1.32 bits per heavy atom. The molecule has 0 aliphatic carbocycles. The first-order chi connectivity index (χ1) is 11.7. The molecule has 1 fully saturated rings. The van der Waals surface area contributed by atoms with Crippen molar-refractivity contribution in [2.45, 2.75) is 25.8 Å². The summed E-state index contributed by atoms with van der Waals surface area (Å²) < 4.78 is 43.7. The number of benzene rings is 1. The zero-order chi connectivity index (χ0) is 18.4. The Labute approximate surface area is 146 Å². The van der Waals surface area contributed by atoms with Gasteiger partial charge in [-0.3, -0.25) is 4.79 Å². The molecule has 0 unspecified atom stereocenters. The van der Waals surface area contributed by atoms with Gasteiger partial charge in [-0.05, 0) is 38.0 Å². The summed E-state index contributed by atoms with van der Waals surface area (Å²) in [6.45, 7) is 2.64. The van der Waals surface area contributed by atoms with Gasteiger partial charge in [0.25, 0.3) is 5.91 Å². The molecule has 0 bridgehead atoms. The summed E-state index contributed by atoms with van der Waals surface area (Å²) in [6.07, 6.45) is 2.33. The number of nitrogens with zero attached hydrogens (tertiary/aromatic N) is 2. The fourth-order valence-electron chi connectivity index (χ4n) is 3.24. The average molecular weight is 368 g/mol. The van der Waals surface area contributed by atoms with Crippen molar-refractivity contribution in [1.29, 1.82) is 0 Å². The second-order valence-corrected chi connectivity index (χ2v) is 8.54. The molecular formula is C17H21FN2O4S. The molecule has 136 valence electrons. The zero-order valence-electron chi connectivity index (χ0n) is 14.5. The van der Waals surface area contributed by atoms with E-state index in [0.717, 1.165) is 0 Å². The molecule has 1 aromatic heterocycles. The number of aryl methyl sites for hydroxylation is 1. The Morgan fingerprint density at radius 2 is 1.96 bits per heavy atom. The highest BCUT2D eigenvalue weighted by Crippen LogP contribution is 2.28. The zero-order valence-corrected chi connectivity index (χ0v) is 15.3. The predicted molar refractivity (Wildman–Crippen MR) is 92.4 cm³/mol. The normalized spacial score (nSPS) is 16.8. The van der Waals surface area contributed by atoms with Gasteiger partial charge in [-0.1, -0.05) is 0 Å². The van der Waals surface area contributed by atoms with Crippen LogP contribution in [0, 0.1) is 12.7 Å². The van der Waals surface area contributed by atoms with Crippen LogP contribution in [0.2, 0.25) is 0 Å². The van der Waals surface area contributed by atoms with E-state index in [-0.39, 0.29) is 23.5 Å². The third kappa shape index (κ3) is 3.41. The van der Waals surface area contributed by atoms with Crippen LogP contribution in [0.15, 0.2) is 22.6 Å². The lowest BCUT2D eigenvalue weighted by Crippen LogP contribution is -2.47. The number of amides is 1. The van der Waals surface area contributed by atoms with E-state index in [1.54, 1.807) is 18.9 Å². The minimum Gasteiger partial charge on any atom is -0.451 e. The first kappa shape index (κ1) is 17.9. The lowest BCUT2D eigenvalue weighted by Gasteiger charge is -2.35. The number of halogens is 1. The van der Waals surface area contributed by atoms with Crippen molar-refractivity contribution in [3.63, 3.8) is 0 Å². The van der Waals surface area contributed by atoms with Crippen LogP contribution in [0.4, 0.5) is 4.39 Å². The molecule has 2 aromatic rings. The molecule has 1 saturated heterocycles. The van der Waals surface area contributed by atoms with Crippen LogP contribution in [0.5, 0.6) is 0 Å². The third-order valence-electron chi connectivity index (χ3n) is 4.88. The van der Waals surface area contributed by atoms with Crippen molar-refractivity contribution in [3.8, 4) is 0 Å². The SMILES string of the molecule is Cc1c(C(=O)N2CCC(N(C)S(C)(=O)=O)CC2)oc2ccc(F)cc12. The molecule has 8 heteroatoms. The molecule has 25 heavy (non-hydrogen) atoms. The van der Waals surface area contributed by atoms with Crippen molar-refractivity contribution in [1.82, 2.24) is 9.21 Å². The number of carbonyl (C=O) groups excluding carboxylic acids is 1. The van der Waals surface area contributed by atoms with E-state index >= 15 is 0 Å². The number of hydrogen-bond donors (Lipinski definition) is 0. The largest absolute Gasteiger partial charge is 0.451 e. The van der Waals surface area contributed by atoms with Gasteiger partial charge >= 0.3 is 0 Å². The summed E-state index contributed by atoms with van der Waals surface area (Å²) in [6, 6.07) is 4.07. The Kier molecular flexibility index (Phi) is 4.59. The van der Waals surface area contributed by atoms with Gasteiger partial charge in [0.2, 0.25) is 10.0 Å². The second kappa shape index (κ2) is 6.42. The number of hydrogen-bond acceptors (Lipinski definition) is 4. The summed E-state index contributed by atoms with van der Waals surface area (Å²) in [4.78, 5) is 14.4. The van der Waals surface area contributed by atoms with Crippen LogP contribution in [0.25, 0.3) is 11.0 Å². The molecule has 0 radical (unpaired) electrons. The summed E-state index contributed by atoms with van der Waals surface area (Å²) in [5.74, 6) is -0.398. The quantitative estimate of drug-likeness (QED) is 0.834. The number of likely N-dealkylation sites (tertiary alicyclic amines) is 1. The van der Waals surface area contributed by atoms with E-state index in [1.165, 1.54) is 28.8 Å². The molecule has 1 aromatic carbocycles. The molecule has 0 spiro atoms. The van der Waals surface area contributed by atoms with E-state index in [1.807, 2.05) is 0 Å². The van der Waals surface area contributed by atoms with Gasteiger partial charge < -0.3 is 9.32 Å². The standard InChI is InChI=1S/C17H21FN2O4S/c1-11-14-10-12(18)4-5-15(14)24-16(11)17(21)20-8-6-13(7-9-20)19(2)25(3,22)23/h4-5,10,13H,6-9H2,1-3H3. The molecule has 1 amide bonds. The molecular weight excluding hydrogens is 347 g/mol. The second-order valence-electron chi connectivity index (χ2n) is 6.50. The van der Waals surface area contributed by atoms with Gasteiger partial charge in [-0.25, -0.2) is 17.1 Å². The van der Waals surface area contributed by atoms with E-state index < -0.39 is 10.0 Å². The highest BCUT2D eigenvalue weighted by Gasteiger charge is 2.31. The minimum absolute atomic E-state index is 0.107. The molecule has 1 aliphatic heterocycles. The number of sulfonamides is 1. The smallest absolute Gasteiger partial charge is 0.289 e. The topological polar surface area (TPSA) is 70.8 Å². The summed E-state index contributed by atoms with van der Waals surface area (Å²) in [5.41, 5.74) is 1.10. The molecule has 0 atom stereocenters. The lowest BCUT2D eigenvalue weighted by molar-refractivity contribution is 0.0656. The van der Waals surface area contributed by atoms with Crippen molar-refractivity contribution >= 4 is 26.9 Å². The lowest BCUT2D eigenvalue weighted by atomic mass is 10.0. The number of furan rings is 1. The van der Waals surface area contributed by atoms with E-state index in [0.29, 0.717) is 42.5 Å². The maximum atomic E-state index is 13.4. The third-order valence-corrected chi connectivity index (χ3v) is 6.23. The van der Waals surface area contributed by atoms with Crippen LogP contribution in [0.3, 0.4) is 0 Å². The fourth-order valence-corrected chi connectivity index (χ4v) is 4.00. The highest BCUT2D eigenvalue weighted by molar-refractivity contribution is 7.88. The predicted octanol–water partition coefficient (Wildman–Crippen LogP) is 2.38. The number of piperidine rings is 1. The maximum Gasteiger partial charge on any atom is 0.289 e. The van der Waals surface area contributed by atoms with Gasteiger partial charge in [-0.15, -0.1) is 0 Å². The molecule has 0 saturated carbocycles. The summed E-state index contributed by atoms with van der Waals surface area (Å²) in [7, 11) is -1.68. The summed E-state index contributed by atoms with van der Waals surface area (Å²) in [5, 5.41) is 0.593. The first-order valence-corrected chi connectivity index (χ1v) is 9.94. The van der Waals surface area contributed by atoms with Gasteiger partial charge in [-0.2, -0.15) is 0 Å². The van der Waals surface area contributed by atoms with Crippen molar-refractivity contribution < 1.29 is 22.0 Å². The van der Waals surface area contributed by atoms with Gasteiger partial charge in [0.1, 0.15) is 11.4 Å². The average Bonchev–Trinajstić information content (AvgIpc) is 2.89. The Balaban J connectivity index is 1.76. The number of rotatable bonds is 3. The van der Waals surface area contributed by atoms with Crippen LogP contribution >= 0.6 is 0 Å². The van der Waals surface area contributed by atoms with Gasteiger partial charge in [0.15, 0.2) is 5.76 Å². The Morgan fingerprint density at radius 3 is 2.56 bits per heavy atom. The monoisotopic (exact) mass is 368 g/mol. The van der Waals surface area contributed by atoms with Crippen molar-refractivity contribution in [2.75, 3.05) is 26.4 Å². The number of carbonyl (C=O) groups is 1. The molecule has 0 N–H and O–H groups in total. The Hall–Kier alpha value is -1.93. The molecule has 1 aliphatic rings. The van der Waals surface area contributed by atoms with Crippen LogP contribution in [-0.4, -0.2) is 56.0 Å². The van der Waals surface area contributed by atoms with Crippen LogP contribution in [-0.2, 0) is 10.0 Å². The number of fused-ring (bicyclic) bond motifs is 1. The first-order valence-electron chi connectivity index (χ1n) is 8.09. The van der Waals surface area contributed by atoms with E-state index in [2.05, 4.69) is 0 Å². The van der Waals surface area contributed by atoms with Crippen LogP contribution in [0.1, 0.15) is 29.0 Å². The highest BCUT2D eigenvalue weighted by atomic mass is 32.2. The summed E-state index contributed by atoms with van der Waals surface area (Å²) >= 11 is 0. The maximum absolute atomic E-state index is 13.4. The Bertz CT molecular complexity index is 914.